The van der Waals surface area contributed by atoms with E-state index >= 15 is 0 Å². The second-order valence-electron chi connectivity index (χ2n) is 8.28. The van der Waals surface area contributed by atoms with Gasteiger partial charge in [0.05, 0.1) is 16.2 Å². The first-order valence-corrected chi connectivity index (χ1v) is 12.2. The van der Waals surface area contributed by atoms with Gasteiger partial charge in [0, 0.05) is 42.8 Å². The van der Waals surface area contributed by atoms with E-state index in [4.69, 9.17) is 4.98 Å². The fraction of sp³-hybridized carbons (Fsp3) is 0.348. The zero-order valence-corrected chi connectivity index (χ0v) is 18.0. The van der Waals surface area contributed by atoms with E-state index in [0.29, 0.717) is 29.8 Å². The lowest BCUT2D eigenvalue weighted by molar-refractivity contribution is 0.488. The van der Waals surface area contributed by atoms with Gasteiger partial charge in [0.25, 0.3) is 0 Å². The standard InChI is InChI=1S/C23H28N4O2S/c1-16-6-7-20-19(12-16)21(25-18-8-9-24-14-18)13-23(26-20)27-10-11-30(28,29)22-5-3-2-4-17(22)15-27/h2-7,12-13,18,24,28-29H,8-11,14-15H2,1H3,(H,25,26). The fourth-order valence-electron chi connectivity index (χ4n) is 4.39. The third-order valence-corrected chi connectivity index (χ3v) is 7.88. The van der Waals surface area contributed by atoms with Crippen molar-refractivity contribution >= 4 is 33.0 Å². The topological polar surface area (TPSA) is 80.7 Å². The molecule has 7 heteroatoms. The van der Waals surface area contributed by atoms with E-state index in [9.17, 15) is 9.11 Å². The lowest BCUT2D eigenvalue weighted by atomic mass is 10.1. The summed E-state index contributed by atoms with van der Waals surface area (Å²) in [6.07, 6.45) is 1.10. The van der Waals surface area contributed by atoms with Crippen molar-refractivity contribution in [2.75, 3.05) is 35.6 Å². The molecule has 0 saturated carbocycles. The summed E-state index contributed by atoms with van der Waals surface area (Å²) >= 11 is 0. The van der Waals surface area contributed by atoms with E-state index in [1.165, 1.54) is 5.56 Å². The van der Waals surface area contributed by atoms with E-state index in [1.54, 1.807) is 0 Å². The van der Waals surface area contributed by atoms with Gasteiger partial charge in [0.1, 0.15) is 5.82 Å². The quantitative estimate of drug-likeness (QED) is 0.498. The highest BCUT2D eigenvalue weighted by Crippen LogP contribution is 2.51. The Morgan fingerprint density at radius 2 is 2.03 bits per heavy atom. The lowest BCUT2D eigenvalue weighted by Crippen LogP contribution is -2.27. The number of rotatable bonds is 3. The fourth-order valence-corrected chi connectivity index (χ4v) is 5.93. The SMILES string of the molecule is Cc1ccc2nc(N3CCS(O)(O)c4ccccc4C3)cc(NC3CCNC3)c2c1. The molecule has 5 rings (SSSR count). The van der Waals surface area contributed by atoms with Gasteiger partial charge in [-0.2, -0.15) is 10.6 Å². The molecule has 1 unspecified atom stereocenters. The number of pyridine rings is 1. The number of aryl methyl sites for hydroxylation is 1. The molecule has 6 nitrogen and oxygen atoms in total. The van der Waals surface area contributed by atoms with Crippen LogP contribution in [0.4, 0.5) is 11.5 Å². The number of nitrogens with one attached hydrogen (secondary N) is 2. The number of hydrogen-bond acceptors (Lipinski definition) is 6. The summed E-state index contributed by atoms with van der Waals surface area (Å²) in [4.78, 5) is 7.78. The molecule has 2 aromatic carbocycles. The molecule has 1 atom stereocenters. The van der Waals surface area contributed by atoms with Crippen LogP contribution in [0, 0.1) is 6.92 Å². The highest BCUT2D eigenvalue weighted by atomic mass is 32.3. The van der Waals surface area contributed by atoms with Gasteiger partial charge < -0.3 is 15.5 Å². The molecule has 0 bridgehead atoms. The average Bonchev–Trinajstić information content (AvgIpc) is 3.20. The molecule has 2 aliphatic heterocycles. The van der Waals surface area contributed by atoms with Gasteiger partial charge >= 0.3 is 0 Å². The molecule has 3 heterocycles. The number of benzene rings is 2. The van der Waals surface area contributed by atoms with Crippen LogP contribution >= 0.6 is 10.6 Å². The minimum absolute atomic E-state index is 0.312. The van der Waals surface area contributed by atoms with Crippen LogP contribution in [0.5, 0.6) is 0 Å². The first-order valence-electron chi connectivity index (χ1n) is 10.5. The Labute approximate surface area is 178 Å². The Hall–Kier alpha value is -2.32. The third-order valence-electron chi connectivity index (χ3n) is 6.03. The maximum Gasteiger partial charge on any atom is 0.131 e. The van der Waals surface area contributed by atoms with E-state index < -0.39 is 10.6 Å². The summed E-state index contributed by atoms with van der Waals surface area (Å²) in [5, 5.41) is 8.27. The predicted molar refractivity (Wildman–Crippen MR) is 125 cm³/mol. The molecule has 0 aliphatic carbocycles. The molecule has 3 aromatic rings. The van der Waals surface area contributed by atoms with Gasteiger partial charge in [-0.25, -0.2) is 4.98 Å². The van der Waals surface area contributed by atoms with Gasteiger partial charge in [-0.3, -0.25) is 9.11 Å². The Kier molecular flexibility index (Phi) is 5.06. The Balaban J connectivity index is 1.56. The summed E-state index contributed by atoms with van der Waals surface area (Å²) in [6, 6.07) is 16.5. The molecule has 0 spiro atoms. The molecule has 30 heavy (non-hydrogen) atoms. The van der Waals surface area contributed by atoms with Gasteiger partial charge in [0.2, 0.25) is 0 Å². The van der Waals surface area contributed by atoms with Crippen molar-refractivity contribution in [2.24, 2.45) is 0 Å². The number of anilines is 2. The minimum atomic E-state index is -2.79. The van der Waals surface area contributed by atoms with Crippen molar-refractivity contribution in [3.63, 3.8) is 0 Å². The van der Waals surface area contributed by atoms with Crippen molar-refractivity contribution in [3.05, 3.63) is 59.7 Å². The van der Waals surface area contributed by atoms with Gasteiger partial charge in [0.15, 0.2) is 0 Å². The van der Waals surface area contributed by atoms with Crippen LogP contribution in [0.15, 0.2) is 53.4 Å². The van der Waals surface area contributed by atoms with E-state index in [-0.39, 0.29) is 0 Å². The van der Waals surface area contributed by atoms with Crippen molar-refractivity contribution < 1.29 is 9.11 Å². The molecule has 4 N–H and O–H groups in total. The Morgan fingerprint density at radius 3 is 2.87 bits per heavy atom. The van der Waals surface area contributed by atoms with Crippen LogP contribution in [0.1, 0.15) is 17.5 Å². The zero-order valence-electron chi connectivity index (χ0n) is 17.1. The second-order valence-corrected chi connectivity index (χ2v) is 10.5. The summed E-state index contributed by atoms with van der Waals surface area (Å²) in [5.41, 5.74) is 4.21. The van der Waals surface area contributed by atoms with E-state index in [0.717, 1.165) is 47.5 Å². The molecular weight excluding hydrogens is 396 g/mol. The van der Waals surface area contributed by atoms with Crippen molar-refractivity contribution in [1.82, 2.24) is 10.3 Å². The van der Waals surface area contributed by atoms with Gasteiger partial charge in [-0.15, -0.1) is 0 Å². The van der Waals surface area contributed by atoms with E-state index in [1.807, 2.05) is 24.3 Å². The van der Waals surface area contributed by atoms with Gasteiger partial charge in [-0.05, 0) is 43.7 Å². The van der Waals surface area contributed by atoms with Crippen LogP contribution < -0.4 is 15.5 Å². The smallest absolute Gasteiger partial charge is 0.131 e. The molecule has 158 valence electrons. The predicted octanol–water partition coefficient (Wildman–Crippen LogP) is 4.45. The van der Waals surface area contributed by atoms with Crippen LogP contribution in [-0.2, 0) is 6.54 Å². The molecule has 2 aliphatic rings. The monoisotopic (exact) mass is 424 g/mol. The van der Waals surface area contributed by atoms with E-state index in [2.05, 4.69) is 46.7 Å². The lowest BCUT2D eigenvalue weighted by Gasteiger charge is -2.32. The maximum atomic E-state index is 10.7. The summed E-state index contributed by atoms with van der Waals surface area (Å²) in [6.45, 7) is 5.26. The van der Waals surface area contributed by atoms with Crippen molar-refractivity contribution in [2.45, 2.75) is 30.8 Å². The highest BCUT2D eigenvalue weighted by Gasteiger charge is 2.27. The molecule has 1 saturated heterocycles. The number of nitrogens with zero attached hydrogens (tertiary/aromatic N) is 2. The van der Waals surface area contributed by atoms with Crippen molar-refractivity contribution in [1.29, 1.82) is 0 Å². The molecule has 1 aromatic heterocycles. The summed E-state index contributed by atoms with van der Waals surface area (Å²) < 4.78 is 21.4. The van der Waals surface area contributed by atoms with Crippen LogP contribution in [-0.4, -0.2) is 45.5 Å². The highest BCUT2D eigenvalue weighted by molar-refractivity contribution is 8.24. The summed E-state index contributed by atoms with van der Waals surface area (Å²) in [5.74, 6) is 1.18. The maximum absolute atomic E-state index is 10.7. The largest absolute Gasteiger partial charge is 0.380 e. The molecule has 0 radical (unpaired) electrons. The molecule has 1 fully saturated rings. The number of aromatic nitrogens is 1. The normalized spacial score (nSPS) is 21.8. The van der Waals surface area contributed by atoms with Crippen LogP contribution in [0.25, 0.3) is 10.9 Å². The Bertz CT molecular complexity index is 1080. The Morgan fingerprint density at radius 1 is 1.17 bits per heavy atom. The first-order chi connectivity index (χ1) is 14.5. The molecular formula is C23H28N4O2S. The zero-order chi connectivity index (χ0) is 20.7. The second kappa shape index (κ2) is 7.74. The number of hydrogen-bond donors (Lipinski definition) is 4. The number of fused-ring (bicyclic) bond motifs is 2. The van der Waals surface area contributed by atoms with Crippen LogP contribution in [0.2, 0.25) is 0 Å². The minimum Gasteiger partial charge on any atom is -0.380 e. The third kappa shape index (κ3) is 3.74. The average molecular weight is 425 g/mol. The molecule has 0 amide bonds. The van der Waals surface area contributed by atoms with Crippen LogP contribution in [0.3, 0.4) is 0 Å². The van der Waals surface area contributed by atoms with Gasteiger partial charge in [-0.1, -0.05) is 29.8 Å². The summed E-state index contributed by atoms with van der Waals surface area (Å²) in [7, 11) is -2.79. The van der Waals surface area contributed by atoms with Crippen molar-refractivity contribution in [3.8, 4) is 0 Å². The first kappa shape index (κ1) is 19.6.